The van der Waals surface area contributed by atoms with Crippen LogP contribution in [0.2, 0.25) is 5.02 Å². The van der Waals surface area contributed by atoms with Gasteiger partial charge >= 0.3 is 0 Å². The zero-order chi connectivity index (χ0) is 18.1. The van der Waals surface area contributed by atoms with E-state index in [0.29, 0.717) is 28.7 Å². The second-order valence-corrected chi connectivity index (χ2v) is 8.56. The van der Waals surface area contributed by atoms with Crippen molar-refractivity contribution in [2.75, 3.05) is 13.2 Å². The van der Waals surface area contributed by atoms with Crippen LogP contribution in [-0.4, -0.2) is 36.0 Å². The number of carbonyl (C=O) groups excluding carboxylic acids is 2. The van der Waals surface area contributed by atoms with Crippen molar-refractivity contribution in [2.24, 2.45) is 0 Å². The first-order valence-corrected chi connectivity index (χ1v) is 10.4. The number of halogens is 1. The molecule has 1 aromatic heterocycles. The molecule has 1 atom stereocenters. The van der Waals surface area contributed by atoms with E-state index < -0.39 is 0 Å². The molecule has 0 aliphatic carbocycles. The first-order chi connectivity index (χ1) is 12.6. The van der Waals surface area contributed by atoms with Gasteiger partial charge < -0.3 is 4.74 Å². The van der Waals surface area contributed by atoms with E-state index in [1.165, 1.54) is 28.0 Å². The van der Waals surface area contributed by atoms with Crippen molar-refractivity contribution >= 4 is 52.1 Å². The van der Waals surface area contributed by atoms with Crippen LogP contribution in [0.15, 0.2) is 51.6 Å². The quantitative estimate of drug-likeness (QED) is 0.689. The van der Waals surface area contributed by atoms with Gasteiger partial charge in [0.1, 0.15) is 0 Å². The minimum Gasteiger partial charge on any atom is -0.376 e. The average molecular weight is 406 g/mol. The molecule has 0 N–H and O–H groups in total. The lowest BCUT2D eigenvalue weighted by atomic mass is 10.2. The number of amides is 2. The summed E-state index contributed by atoms with van der Waals surface area (Å²) in [4.78, 5) is 29.5. The Morgan fingerprint density at radius 1 is 1.19 bits per heavy atom. The minimum absolute atomic E-state index is 0.0626. The number of rotatable bonds is 5. The van der Waals surface area contributed by atoms with Crippen molar-refractivity contribution in [3.8, 4) is 0 Å². The van der Waals surface area contributed by atoms with Crippen molar-refractivity contribution < 1.29 is 14.3 Å². The zero-order valence-electron chi connectivity index (χ0n) is 13.8. The lowest BCUT2D eigenvalue weighted by Gasteiger charge is -2.19. The number of benzene rings is 1. The molecule has 134 valence electrons. The average Bonchev–Trinajstić information content (AvgIpc) is 3.37. The first-order valence-electron chi connectivity index (χ1n) is 8.33. The molecule has 1 unspecified atom stereocenters. The second kappa shape index (κ2) is 7.56. The van der Waals surface area contributed by atoms with Crippen LogP contribution in [-0.2, 0) is 14.3 Å². The molecule has 0 bridgehead atoms. The first kappa shape index (κ1) is 17.8. The Kier molecular flexibility index (Phi) is 5.18. The molecule has 4 nitrogen and oxygen atoms in total. The lowest BCUT2D eigenvalue weighted by Crippen LogP contribution is -2.37. The topological polar surface area (TPSA) is 46.6 Å². The summed E-state index contributed by atoms with van der Waals surface area (Å²) in [5.41, 5.74) is 0.489. The summed E-state index contributed by atoms with van der Waals surface area (Å²) >= 11 is 8.72. The van der Waals surface area contributed by atoms with Crippen molar-refractivity contribution in [1.82, 2.24) is 4.90 Å². The standard InChI is InChI=1S/C19H16ClNO3S2/c20-12-5-7-14(8-6-12)26-17-16(15-4-2-10-25-15)18(22)21(19(17)23)11-13-3-1-9-24-13/h2,4-8,10,13H,1,3,9,11H2. The van der Waals surface area contributed by atoms with Crippen molar-refractivity contribution in [3.63, 3.8) is 0 Å². The van der Waals surface area contributed by atoms with Gasteiger partial charge in [-0.15, -0.1) is 11.3 Å². The number of imide groups is 1. The Balaban J connectivity index is 1.66. The molecule has 2 amide bonds. The third-order valence-corrected chi connectivity index (χ3v) is 6.57. The van der Waals surface area contributed by atoms with Crippen LogP contribution < -0.4 is 0 Å². The molecule has 3 heterocycles. The van der Waals surface area contributed by atoms with Gasteiger partial charge in [0.15, 0.2) is 0 Å². The van der Waals surface area contributed by atoms with E-state index in [1.54, 1.807) is 12.1 Å². The molecule has 2 aromatic rings. The van der Waals surface area contributed by atoms with Gasteiger partial charge in [-0.1, -0.05) is 29.4 Å². The van der Waals surface area contributed by atoms with Gasteiger partial charge in [0.2, 0.25) is 0 Å². The van der Waals surface area contributed by atoms with Crippen LogP contribution in [0, 0.1) is 0 Å². The van der Waals surface area contributed by atoms with Crippen molar-refractivity contribution in [1.29, 1.82) is 0 Å². The molecule has 1 saturated heterocycles. The van der Waals surface area contributed by atoms with Gasteiger partial charge in [0.25, 0.3) is 11.8 Å². The summed E-state index contributed by atoms with van der Waals surface area (Å²) in [5.74, 6) is -0.474. The van der Waals surface area contributed by atoms with E-state index in [2.05, 4.69) is 0 Å². The third-order valence-electron chi connectivity index (χ3n) is 4.34. The molecule has 4 rings (SSSR count). The van der Waals surface area contributed by atoms with Gasteiger partial charge in [-0.25, -0.2) is 0 Å². The number of hydrogen-bond acceptors (Lipinski definition) is 5. The highest BCUT2D eigenvalue weighted by molar-refractivity contribution is 8.04. The molecule has 0 spiro atoms. The molecule has 26 heavy (non-hydrogen) atoms. The van der Waals surface area contributed by atoms with Crippen LogP contribution in [0.1, 0.15) is 17.7 Å². The molecular formula is C19H16ClNO3S2. The summed E-state index contributed by atoms with van der Waals surface area (Å²) in [5, 5.41) is 2.54. The number of hydrogen-bond donors (Lipinski definition) is 0. The second-order valence-electron chi connectivity index (χ2n) is 6.09. The number of thioether (sulfide) groups is 1. The number of ether oxygens (including phenoxy) is 1. The number of thiophene rings is 1. The maximum absolute atomic E-state index is 13.0. The monoisotopic (exact) mass is 405 g/mol. The SMILES string of the molecule is O=C1C(Sc2ccc(Cl)cc2)=C(c2cccs2)C(=O)N1CC1CCCO1. The van der Waals surface area contributed by atoms with E-state index in [0.717, 1.165) is 22.6 Å². The van der Waals surface area contributed by atoms with E-state index in [-0.39, 0.29) is 17.9 Å². The minimum atomic E-state index is -0.242. The predicted octanol–water partition coefficient (Wildman–Crippen LogP) is 4.45. The van der Waals surface area contributed by atoms with E-state index in [1.807, 2.05) is 29.6 Å². The summed E-state index contributed by atoms with van der Waals surface area (Å²) < 4.78 is 5.62. The van der Waals surface area contributed by atoms with Crippen molar-refractivity contribution in [2.45, 2.75) is 23.8 Å². The predicted molar refractivity (Wildman–Crippen MR) is 104 cm³/mol. The molecule has 0 radical (unpaired) electrons. The summed E-state index contributed by atoms with van der Waals surface area (Å²) in [6, 6.07) is 11.0. The molecule has 0 saturated carbocycles. The Morgan fingerprint density at radius 2 is 2.00 bits per heavy atom. The van der Waals surface area contributed by atoms with E-state index >= 15 is 0 Å². The van der Waals surface area contributed by atoms with Crippen LogP contribution in [0.3, 0.4) is 0 Å². The number of nitrogens with zero attached hydrogens (tertiary/aromatic N) is 1. The summed E-state index contributed by atoms with van der Waals surface area (Å²) in [6.07, 6.45) is 1.79. The van der Waals surface area contributed by atoms with Crippen LogP contribution in [0.4, 0.5) is 0 Å². The normalized spacial score (nSPS) is 20.5. The van der Waals surface area contributed by atoms with Crippen LogP contribution in [0.25, 0.3) is 5.57 Å². The Labute approximate surface area is 164 Å². The van der Waals surface area contributed by atoms with Crippen LogP contribution in [0.5, 0.6) is 0 Å². The van der Waals surface area contributed by atoms with Gasteiger partial charge in [-0.2, -0.15) is 0 Å². The summed E-state index contributed by atoms with van der Waals surface area (Å²) in [7, 11) is 0. The summed E-state index contributed by atoms with van der Waals surface area (Å²) in [6.45, 7) is 1.01. The van der Waals surface area contributed by atoms with Gasteiger partial charge in [0.05, 0.1) is 23.1 Å². The molecule has 1 fully saturated rings. The highest BCUT2D eigenvalue weighted by Gasteiger charge is 2.41. The zero-order valence-corrected chi connectivity index (χ0v) is 16.2. The Bertz CT molecular complexity index is 855. The van der Waals surface area contributed by atoms with Crippen LogP contribution >= 0.6 is 34.7 Å². The van der Waals surface area contributed by atoms with Gasteiger partial charge in [-0.05, 0) is 48.6 Å². The fourth-order valence-corrected chi connectivity index (χ4v) is 5.03. The maximum Gasteiger partial charge on any atom is 0.268 e. The molecule has 1 aromatic carbocycles. The highest BCUT2D eigenvalue weighted by Crippen LogP contribution is 2.41. The van der Waals surface area contributed by atoms with E-state index in [4.69, 9.17) is 16.3 Å². The Morgan fingerprint density at radius 3 is 2.65 bits per heavy atom. The molecule has 7 heteroatoms. The molecule has 2 aliphatic rings. The lowest BCUT2D eigenvalue weighted by molar-refractivity contribution is -0.138. The fourth-order valence-electron chi connectivity index (χ4n) is 3.06. The fraction of sp³-hybridized carbons (Fsp3) is 0.263. The maximum atomic E-state index is 13.0. The van der Waals surface area contributed by atoms with Gasteiger partial charge in [0, 0.05) is 21.4 Å². The van der Waals surface area contributed by atoms with Gasteiger partial charge in [-0.3, -0.25) is 14.5 Å². The smallest absolute Gasteiger partial charge is 0.268 e. The largest absolute Gasteiger partial charge is 0.376 e. The number of carbonyl (C=O) groups is 2. The molecule has 2 aliphatic heterocycles. The van der Waals surface area contributed by atoms with E-state index in [9.17, 15) is 9.59 Å². The third kappa shape index (κ3) is 3.47. The van der Waals surface area contributed by atoms with Crippen molar-refractivity contribution in [3.05, 3.63) is 56.6 Å². The highest BCUT2D eigenvalue weighted by atomic mass is 35.5. The molecular weight excluding hydrogens is 390 g/mol. The Hall–Kier alpha value is -1.60.